The van der Waals surface area contributed by atoms with Crippen molar-refractivity contribution < 1.29 is 51.0 Å². The molecular weight excluding hydrogens is 702 g/mol. The fraction of sp³-hybridized carbons (Fsp3) is 0.514. The van der Waals surface area contributed by atoms with Gasteiger partial charge in [0.05, 0.1) is 11.4 Å². The Balaban J connectivity index is 1.73. The van der Waals surface area contributed by atoms with Gasteiger partial charge in [0.1, 0.15) is 17.5 Å². The van der Waals surface area contributed by atoms with Gasteiger partial charge in [-0.3, -0.25) is 19.3 Å². The average molecular weight is 748 g/mol. The summed E-state index contributed by atoms with van der Waals surface area (Å²) in [5, 5.41) is 4.85. The van der Waals surface area contributed by atoms with E-state index in [0.29, 0.717) is 5.56 Å². The number of esters is 1. The Hall–Kier alpha value is -5.02. The Kier molecular flexibility index (Phi) is 12.9. The first-order chi connectivity index (χ1) is 24.8. The van der Waals surface area contributed by atoms with Crippen LogP contribution in [0.15, 0.2) is 53.5 Å². The molecule has 0 spiro atoms. The van der Waals surface area contributed by atoms with Crippen LogP contribution in [0, 0.1) is 29.5 Å². The van der Waals surface area contributed by atoms with E-state index in [4.69, 9.17) is 15.2 Å². The molecule has 2 aromatic rings. The van der Waals surface area contributed by atoms with Gasteiger partial charge in [-0.05, 0) is 51.5 Å². The van der Waals surface area contributed by atoms with E-state index < -0.39 is 96.9 Å². The number of benzene rings is 2. The quantitative estimate of drug-likeness (QED) is 0.173. The Morgan fingerprint density at radius 2 is 1.66 bits per heavy atom. The molecule has 1 heterocycles. The number of anilines is 1. The van der Waals surface area contributed by atoms with Gasteiger partial charge >= 0.3 is 18.2 Å². The van der Waals surface area contributed by atoms with Crippen molar-refractivity contribution in [3.05, 3.63) is 65.5 Å². The molecule has 0 aromatic heterocycles. The predicted molar refractivity (Wildman–Crippen MR) is 186 cm³/mol. The number of carbonyl (C=O) groups excluding carboxylic acids is 5. The summed E-state index contributed by atoms with van der Waals surface area (Å²) in [6, 6.07) is 10.9. The minimum Gasteiger partial charge on any atom is -0.444 e. The predicted octanol–water partition coefficient (Wildman–Crippen LogP) is 5.36. The zero-order valence-electron chi connectivity index (χ0n) is 30.2. The second kappa shape index (κ2) is 16.8. The van der Waals surface area contributed by atoms with E-state index >= 15 is 4.39 Å². The van der Waals surface area contributed by atoms with Crippen LogP contribution in [0.4, 0.5) is 28.0 Å². The van der Waals surface area contributed by atoms with Gasteiger partial charge in [-0.25, -0.2) is 19.0 Å². The maximum Gasteiger partial charge on any atom is 0.408 e. The van der Waals surface area contributed by atoms with Crippen molar-refractivity contribution in [2.24, 2.45) is 34.4 Å². The van der Waals surface area contributed by atoms with Crippen LogP contribution < -0.4 is 21.3 Å². The second-order valence-electron chi connectivity index (χ2n) is 14.6. The highest BCUT2D eigenvalue weighted by molar-refractivity contribution is 6.20. The summed E-state index contributed by atoms with van der Waals surface area (Å²) in [6.07, 6.45) is -8.09. The third kappa shape index (κ3) is 11.2. The van der Waals surface area contributed by atoms with E-state index in [1.165, 1.54) is 12.1 Å². The lowest BCUT2D eigenvalue weighted by molar-refractivity contribution is -0.149. The molecule has 0 saturated heterocycles. The number of hydrogen-bond donors (Lipinski definition) is 3. The van der Waals surface area contributed by atoms with Crippen LogP contribution in [-0.4, -0.2) is 66.2 Å². The smallest absolute Gasteiger partial charge is 0.408 e. The lowest BCUT2D eigenvalue weighted by Gasteiger charge is -2.29. The first kappa shape index (κ1) is 40.7. The van der Waals surface area contributed by atoms with Crippen molar-refractivity contribution in [2.75, 3.05) is 11.6 Å². The molecule has 1 aliphatic heterocycles. The van der Waals surface area contributed by atoms with Crippen molar-refractivity contribution in [1.29, 1.82) is 0 Å². The first-order valence-corrected chi connectivity index (χ1v) is 17.3. The summed E-state index contributed by atoms with van der Waals surface area (Å²) in [5.41, 5.74) is 4.88. The molecule has 0 bridgehead atoms. The molecule has 4 N–H and O–H groups in total. The van der Waals surface area contributed by atoms with Gasteiger partial charge in [0, 0.05) is 29.4 Å². The average Bonchev–Trinajstić information content (AvgIpc) is 3.89. The fourth-order valence-electron chi connectivity index (χ4n) is 5.96. The highest BCUT2D eigenvalue weighted by Crippen LogP contribution is 2.39. The normalized spacial score (nSPS) is 17.8. The van der Waals surface area contributed by atoms with Crippen LogP contribution in [0.25, 0.3) is 0 Å². The number of alkyl carbamates (subject to hydrolysis) is 1. The number of amides is 4. The lowest BCUT2D eigenvalue weighted by Crippen LogP contribution is -2.52. The maximum atomic E-state index is 15.8. The van der Waals surface area contributed by atoms with E-state index in [-0.39, 0.29) is 29.3 Å². The first-order valence-electron chi connectivity index (χ1n) is 17.3. The molecule has 0 unspecified atom stereocenters. The number of halogens is 4. The number of ether oxygens (including phenoxy) is 2. The van der Waals surface area contributed by atoms with Gasteiger partial charge < -0.3 is 25.8 Å². The number of nitrogens with one attached hydrogen (secondary N) is 2. The Labute approximate surface area is 304 Å². The second-order valence-corrected chi connectivity index (χ2v) is 14.6. The van der Waals surface area contributed by atoms with Gasteiger partial charge in [-0.15, -0.1) is 0 Å². The third-order valence-corrected chi connectivity index (χ3v) is 8.74. The molecule has 1 saturated carbocycles. The molecule has 2 aliphatic rings. The number of hydrogen-bond acceptors (Lipinski definition) is 8. The number of nitrogens with zero attached hydrogens (tertiary/aromatic N) is 2. The Morgan fingerprint density at radius 3 is 2.23 bits per heavy atom. The van der Waals surface area contributed by atoms with Crippen molar-refractivity contribution in [3.63, 3.8) is 0 Å². The van der Waals surface area contributed by atoms with Gasteiger partial charge in [0.15, 0.2) is 6.73 Å². The van der Waals surface area contributed by atoms with Crippen molar-refractivity contribution in [1.82, 2.24) is 10.6 Å². The van der Waals surface area contributed by atoms with Crippen LogP contribution in [0.2, 0.25) is 0 Å². The Morgan fingerprint density at radius 1 is 1.00 bits per heavy atom. The van der Waals surface area contributed by atoms with Crippen molar-refractivity contribution in [3.8, 4) is 0 Å². The number of carbonyl (C=O) groups is 5. The largest absolute Gasteiger partial charge is 0.444 e. The van der Waals surface area contributed by atoms with Crippen LogP contribution in [0.1, 0.15) is 77.8 Å². The molecule has 53 heavy (non-hydrogen) atoms. The van der Waals surface area contributed by atoms with Crippen LogP contribution in [0.3, 0.4) is 0 Å². The summed E-state index contributed by atoms with van der Waals surface area (Å²) in [5.74, 6) is -8.41. The van der Waals surface area contributed by atoms with E-state index in [9.17, 15) is 37.1 Å². The minimum absolute atomic E-state index is 0.0121. The highest BCUT2D eigenvalue weighted by Gasteiger charge is 2.42. The monoisotopic (exact) mass is 747 g/mol. The van der Waals surface area contributed by atoms with Crippen LogP contribution in [-0.2, 0) is 28.7 Å². The van der Waals surface area contributed by atoms with Gasteiger partial charge in [0.25, 0.3) is 5.91 Å². The molecule has 0 radical (unpaired) electrons. The number of benzodiazepines with no additional fused rings is 1. The molecule has 16 heteroatoms. The number of fused-ring (bicyclic) bond motifs is 1. The Bertz CT molecular complexity index is 1710. The molecule has 1 aliphatic carbocycles. The molecule has 4 amide bonds. The van der Waals surface area contributed by atoms with E-state index in [1.54, 1.807) is 65.0 Å². The van der Waals surface area contributed by atoms with Crippen molar-refractivity contribution in [2.45, 2.75) is 90.7 Å². The summed E-state index contributed by atoms with van der Waals surface area (Å²) >= 11 is 0. The number of rotatable bonds is 14. The maximum absolute atomic E-state index is 15.8. The summed E-state index contributed by atoms with van der Waals surface area (Å²) in [7, 11) is 0. The summed E-state index contributed by atoms with van der Waals surface area (Å²) < 4.78 is 66.9. The third-order valence-electron chi connectivity index (χ3n) is 8.74. The highest BCUT2D eigenvalue weighted by atomic mass is 19.4. The zero-order valence-corrected chi connectivity index (χ0v) is 30.2. The number of para-hydroxylation sites is 1. The number of primary amides is 1. The molecule has 12 nitrogen and oxygen atoms in total. The van der Waals surface area contributed by atoms with E-state index in [0.717, 1.165) is 23.8 Å². The molecule has 2 aromatic carbocycles. The van der Waals surface area contributed by atoms with Gasteiger partial charge in [-0.2, -0.15) is 13.2 Å². The van der Waals surface area contributed by atoms with E-state index in [1.807, 2.05) is 0 Å². The van der Waals surface area contributed by atoms with Gasteiger partial charge in [-0.1, -0.05) is 69.2 Å². The van der Waals surface area contributed by atoms with E-state index in [2.05, 4.69) is 15.6 Å². The molecule has 4 rings (SSSR count). The molecule has 288 valence electrons. The molecule has 1 fully saturated rings. The number of nitrogens with two attached hydrogens (primary N) is 1. The standard InChI is InChI=1S/C37H45F4N5O7/c1-20(2)27(44-35(51)53-36(3,4)5)34(50)52-19-46-29-24(12-9-13-26(29)38)28(22-10-7-6-8-11-22)43-31(33(46)49)45-32(48)23(16-17-37(39,40)41)25(30(42)47)18-21-14-15-21/h6-13,20-21,23,25,27,31H,14-19H2,1-5H3,(H2,42,47)(H,44,51)(H,45,48)/t23-,25+,27+,31-/m1/s1. The topological polar surface area (TPSA) is 169 Å². The molecular formula is C37H45F4N5O7. The lowest BCUT2D eigenvalue weighted by atomic mass is 9.83. The summed E-state index contributed by atoms with van der Waals surface area (Å²) in [4.78, 5) is 71.9. The van der Waals surface area contributed by atoms with Gasteiger partial charge in [0.2, 0.25) is 18.0 Å². The molecule has 4 atom stereocenters. The fourth-order valence-corrected chi connectivity index (χ4v) is 5.96. The SMILES string of the molecule is CC(C)[C@H](NC(=O)OC(C)(C)C)C(=O)OCN1C(=O)[C@@H](NC(=O)[C@H](CCC(F)(F)F)[C@H](CC2CC2)C(N)=O)N=C(c2ccccc2)c2cccc(F)c21. The van der Waals surface area contributed by atoms with Crippen molar-refractivity contribution >= 4 is 41.2 Å². The van der Waals surface area contributed by atoms with Crippen LogP contribution in [0.5, 0.6) is 0 Å². The van der Waals surface area contributed by atoms with Crippen LogP contribution >= 0.6 is 0 Å². The number of alkyl halides is 3. The summed E-state index contributed by atoms with van der Waals surface area (Å²) in [6.45, 7) is 7.22. The number of aliphatic imine (C=N–C) groups is 1. The zero-order chi connectivity index (χ0) is 39.2. The minimum atomic E-state index is -4.66.